The number of benzene rings is 2. The smallest absolute Gasteiger partial charge is 0.261 e. The quantitative estimate of drug-likeness (QED) is 0.508. The Balaban J connectivity index is 1.51. The molecule has 4 rings (SSSR count). The van der Waals surface area contributed by atoms with E-state index in [2.05, 4.69) is 14.6 Å². The summed E-state index contributed by atoms with van der Waals surface area (Å²) in [4.78, 5) is 20.2. The summed E-state index contributed by atoms with van der Waals surface area (Å²) in [5, 5.41) is 0.347. The monoisotopic (exact) mass is 470 g/mol. The average molecular weight is 471 g/mol. The van der Waals surface area contributed by atoms with E-state index in [9.17, 15) is 13.2 Å². The van der Waals surface area contributed by atoms with Gasteiger partial charge in [0.1, 0.15) is 11.6 Å². The topological polar surface area (TPSA) is 93.5 Å². The highest BCUT2D eigenvalue weighted by molar-refractivity contribution is 7.92. The lowest BCUT2D eigenvalue weighted by atomic mass is 10.1. The van der Waals surface area contributed by atoms with Crippen LogP contribution < -0.4 is 15.0 Å². The zero-order chi connectivity index (χ0) is 23.4. The van der Waals surface area contributed by atoms with Crippen molar-refractivity contribution in [3.05, 3.63) is 52.8 Å². The van der Waals surface area contributed by atoms with Gasteiger partial charge in [0, 0.05) is 24.8 Å². The predicted molar refractivity (Wildman–Crippen MR) is 131 cm³/mol. The largest absolute Gasteiger partial charge is 0.494 e. The van der Waals surface area contributed by atoms with Crippen LogP contribution in [0.25, 0.3) is 22.3 Å². The zero-order valence-corrected chi connectivity index (χ0v) is 19.9. The highest BCUT2D eigenvalue weighted by atomic mass is 32.2. The molecule has 0 spiro atoms. The van der Waals surface area contributed by atoms with Crippen molar-refractivity contribution >= 4 is 26.6 Å². The number of nitrogens with zero attached hydrogens (tertiary/aromatic N) is 3. The molecular formula is C24H30N4O4S. The van der Waals surface area contributed by atoms with E-state index >= 15 is 0 Å². The van der Waals surface area contributed by atoms with E-state index in [0.29, 0.717) is 29.0 Å². The van der Waals surface area contributed by atoms with Crippen molar-refractivity contribution in [1.29, 1.82) is 0 Å². The van der Waals surface area contributed by atoms with Crippen molar-refractivity contribution in [2.45, 2.75) is 25.7 Å². The van der Waals surface area contributed by atoms with Crippen molar-refractivity contribution < 1.29 is 13.2 Å². The van der Waals surface area contributed by atoms with Gasteiger partial charge in [-0.05, 0) is 62.7 Å². The Bertz CT molecular complexity index is 1300. The Labute approximate surface area is 194 Å². The van der Waals surface area contributed by atoms with Gasteiger partial charge in [-0.2, -0.15) is 0 Å². The van der Waals surface area contributed by atoms with E-state index in [1.807, 2.05) is 24.3 Å². The van der Waals surface area contributed by atoms with Gasteiger partial charge in [0.25, 0.3) is 5.56 Å². The number of ether oxygens (including phenoxy) is 1. The molecule has 33 heavy (non-hydrogen) atoms. The van der Waals surface area contributed by atoms with Crippen LogP contribution in [0.2, 0.25) is 0 Å². The number of likely N-dealkylation sites (tertiary alicyclic amines) is 1. The molecule has 0 saturated carbocycles. The van der Waals surface area contributed by atoms with Gasteiger partial charge in [-0.1, -0.05) is 18.6 Å². The fraction of sp³-hybridized carbons (Fsp3) is 0.417. The molecule has 1 aliphatic rings. The standard InChI is InChI=1S/C24H30N4O4S/c1-27-23(25-22-11-10-19(26-33(2,30)31)17-21(22)24(27)29)18-8-6-9-20(16-18)32-15-7-14-28-12-4-3-5-13-28/h6,8-11,16-17,26H,3-5,7,12-15H2,1-2H3. The first kappa shape index (κ1) is 23.3. The minimum Gasteiger partial charge on any atom is -0.494 e. The third-order valence-electron chi connectivity index (χ3n) is 5.81. The molecule has 0 unspecified atom stereocenters. The molecule has 1 N–H and O–H groups in total. The summed E-state index contributed by atoms with van der Waals surface area (Å²) in [7, 11) is -1.78. The number of fused-ring (bicyclic) bond motifs is 1. The molecule has 8 nitrogen and oxygen atoms in total. The second-order valence-corrected chi connectivity index (χ2v) is 10.3. The molecule has 3 aromatic rings. The summed E-state index contributed by atoms with van der Waals surface area (Å²) in [5.74, 6) is 1.27. The number of piperidine rings is 1. The molecule has 0 atom stereocenters. The van der Waals surface area contributed by atoms with Gasteiger partial charge >= 0.3 is 0 Å². The highest BCUT2D eigenvalue weighted by Crippen LogP contribution is 2.24. The molecule has 1 aromatic heterocycles. The molecule has 0 radical (unpaired) electrons. The SMILES string of the molecule is Cn1c(-c2cccc(OCCCN3CCCCC3)c2)nc2ccc(NS(C)(=O)=O)cc2c1=O. The van der Waals surface area contributed by atoms with Gasteiger partial charge < -0.3 is 9.64 Å². The maximum Gasteiger partial charge on any atom is 0.261 e. The second kappa shape index (κ2) is 9.93. The molecule has 2 heterocycles. The molecule has 2 aromatic carbocycles. The summed E-state index contributed by atoms with van der Waals surface area (Å²) in [5.41, 5.74) is 1.36. The van der Waals surface area contributed by atoms with E-state index in [4.69, 9.17) is 4.74 Å². The van der Waals surface area contributed by atoms with E-state index in [0.717, 1.165) is 30.5 Å². The molecule has 0 aliphatic carbocycles. The fourth-order valence-electron chi connectivity index (χ4n) is 4.19. The summed E-state index contributed by atoms with van der Waals surface area (Å²) < 4.78 is 32.9. The van der Waals surface area contributed by atoms with Crippen molar-refractivity contribution in [3.8, 4) is 17.1 Å². The van der Waals surface area contributed by atoms with Crippen molar-refractivity contribution in [3.63, 3.8) is 0 Å². The van der Waals surface area contributed by atoms with E-state index in [1.54, 1.807) is 19.2 Å². The van der Waals surface area contributed by atoms with Gasteiger partial charge in [0.15, 0.2) is 0 Å². The lowest BCUT2D eigenvalue weighted by Gasteiger charge is -2.26. The van der Waals surface area contributed by atoms with E-state index in [-0.39, 0.29) is 5.56 Å². The van der Waals surface area contributed by atoms with Crippen LogP contribution in [-0.2, 0) is 17.1 Å². The summed E-state index contributed by atoms with van der Waals surface area (Å²) in [6.45, 7) is 4.06. The molecule has 9 heteroatoms. The Morgan fingerprint density at radius 3 is 2.64 bits per heavy atom. The molecule has 0 bridgehead atoms. The van der Waals surface area contributed by atoms with Crippen LogP contribution in [-0.4, -0.2) is 55.4 Å². The van der Waals surface area contributed by atoms with Gasteiger partial charge in [-0.3, -0.25) is 14.1 Å². The summed E-state index contributed by atoms with van der Waals surface area (Å²) >= 11 is 0. The third-order valence-corrected chi connectivity index (χ3v) is 6.41. The number of nitrogens with one attached hydrogen (secondary N) is 1. The minimum atomic E-state index is -3.44. The molecule has 176 valence electrons. The minimum absolute atomic E-state index is 0.250. The second-order valence-electron chi connectivity index (χ2n) is 8.54. The van der Waals surface area contributed by atoms with Crippen LogP contribution in [0.1, 0.15) is 25.7 Å². The lowest BCUT2D eigenvalue weighted by molar-refractivity contribution is 0.205. The number of hydrogen-bond acceptors (Lipinski definition) is 6. The predicted octanol–water partition coefficient (Wildman–Crippen LogP) is 3.23. The Morgan fingerprint density at radius 1 is 1.09 bits per heavy atom. The number of anilines is 1. The molecule has 1 aliphatic heterocycles. The molecular weight excluding hydrogens is 440 g/mol. The van der Waals surface area contributed by atoms with Crippen LogP contribution in [0.3, 0.4) is 0 Å². The molecule has 1 fully saturated rings. The Kier molecular flexibility index (Phi) is 6.99. The van der Waals surface area contributed by atoms with Gasteiger partial charge in [-0.25, -0.2) is 13.4 Å². The first-order valence-electron chi connectivity index (χ1n) is 11.2. The van der Waals surface area contributed by atoms with Gasteiger partial charge in [-0.15, -0.1) is 0 Å². The Hall–Kier alpha value is -2.91. The number of aromatic nitrogens is 2. The maximum atomic E-state index is 13.0. The van der Waals surface area contributed by atoms with Crippen LogP contribution in [0.5, 0.6) is 5.75 Å². The van der Waals surface area contributed by atoms with Crippen LogP contribution >= 0.6 is 0 Å². The van der Waals surface area contributed by atoms with Crippen LogP contribution in [0, 0.1) is 0 Å². The maximum absolute atomic E-state index is 13.0. The summed E-state index contributed by atoms with van der Waals surface area (Å²) in [6, 6.07) is 12.4. The van der Waals surface area contributed by atoms with Crippen LogP contribution in [0.15, 0.2) is 47.3 Å². The van der Waals surface area contributed by atoms with E-state index < -0.39 is 10.0 Å². The number of hydrogen-bond donors (Lipinski definition) is 1. The Morgan fingerprint density at radius 2 is 1.88 bits per heavy atom. The lowest BCUT2D eigenvalue weighted by Crippen LogP contribution is -2.31. The van der Waals surface area contributed by atoms with Crippen molar-refractivity contribution in [2.75, 3.05) is 37.2 Å². The van der Waals surface area contributed by atoms with Gasteiger partial charge in [0.05, 0.1) is 23.8 Å². The van der Waals surface area contributed by atoms with Crippen molar-refractivity contribution in [1.82, 2.24) is 14.5 Å². The first-order valence-corrected chi connectivity index (χ1v) is 13.1. The number of rotatable bonds is 8. The van der Waals surface area contributed by atoms with Gasteiger partial charge in [0.2, 0.25) is 10.0 Å². The van der Waals surface area contributed by atoms with Crippen LogP contribution in [0.4, 0.5) is 5.69 Å². The molecule has 0 amide bonds. The average Bonchev–Trinajstić information content (AvgIpc) is 2.79. The first-order chi connectivity index (χ1) is 15.8. The third kappa shape index (κ3) is 5.91. The van der Waals surface area contributed by atoms with Crippen molar-refractivity contribution in [2.24, 2.45) is 7.05 Å². The normalized spacial score (nSPS) is 15.0. The number of sulfonamides is 1. The fourth-order valence-corrected chi connectivity index (χ4v) is 4.75. The van der Waals surface area contributed by atoms with E-state index in [1.165, 1.54) is 43.0 Å². The zero-order valence-electron chi connectivity index (χ0n) is 19.1. The highest BCUT2D eigenvalue weighted by Gasteiger charge is 2.13. The molecule has 1 saturated heterocycles. The summed E-state index contributed by atoms with van der Waals surface area (Å²) in [6.07, 6.45) is 5.95.